The average Bonchev–Trinajstić information content (AvgIpc) is 2.85. The van der Waals surface area contributed by atoms with Crippen molar-refractivity contribution in [3.63, 3.8) is 0 Å². The maximum Gasteiger partial charge on any atom is 0.201 e. The van der Waals surface area contributed by atoms with Gasteiger partial charge in [-0.05, 0) is 11.6 Å². The van der Waals surface area contributed by atoms with Gasteiger partial charge in [-0.1, -0.05) is 23.7 Å². The number of hydrogen-bond acceptors (Lipinski definition) is 4. The van der Waals surface area contributed by atoms with Crippen LogP contribution in [0.3, 0.4) is 0 Å². The van der Waals surface area contributed by atoms with E-state index in [1.807, 2.05) is 5.38 Å². The molecule has 6 heteroatoms. The summed E-state index contributed by atoms with van der Waals surface area (Å²) in [6.07, 6.45) is -0.0915. The summed E-state index contributed by atoms with van der Waals surface area (Å²) in [6.45, 7) is 0. The summed E-state index contributed by atoms with van der Waals surface area (Å²) < 4.78 is 24.0. The highest BCUT2D eigenvalue weighted by Gasteiger charge is 2.15. The largest absolute Gasteiger partial charge is 0.350 e. The standard InChI is InChI=1S/C13H13ClFNO2S/c1-17-13(18-2)10-7-19-11(16-10)6-8-4-3-5-9(14)12(8)15/h3-5,7,13H,6H2,1-2H3. The summed E-state index contributed by atoms with van der Waals surface area (Å²) in [7, 11) is 3.09. The number of thiazole rings is 1. The van der Waals surface area contributed by atoms with Crippen molar-refractivity contribution >= 4 is 22.9 Å². The highest BCUT2D eigenvalue weighted by molar-refractivity contribution is 7.09. The first-order valence-corrected chi connectivity index (χ1v) is 6.84. The fourth-order valence-corrected chi connectivity index (χ4v) is 2.71. The van der Waals surface area contributed by atoms with E-state index in [1.165, 1.54) is 17.4 Å². The van der Waals surface area contributed by atoms with Crippen molar-refractivity contribution in [1.29, 1.82) is 0 Å². The molecule has 2 aromatic rings. The molecule has 0 amide bonds. The van der Waals surface area contributed by atoms with E-state index in [0.29, 0.717) is 17.7 Å². The Labute approximate surface area is 120 Å². The Kier molecular flexibility index (Phi) is 4.87. The van der Waals surface area contributed by atoms with Crippen LogP contribution in [0.2, 0.25) is 5.02 Å². The highest BCUT2D eigenvalue weighted by Crippen LogP contribution is 2.24. The zero-order valence-electron chi connectivity index (χ0n) is 10.5. The molecule has 0 atom stereocenters. The van der Waals surface area contributed by atoms with Crippen molar-refractivity contribution in [2.75, 3.05) is 14.2 Å². The minimum Gasteiger partial charge on any atom is -0.350 e. The maximum atomic E-state index is 13.8. The van der Waals surface area contributed by atoms with Crippen LogP contribution in [0.1, 0.15) is 22.6 Å². The summed E-state index contributed by atoms with van der Waals surface area (Å²) in [5.74, 6) is -0.393. The molecule has 0 spiro atoms. The Bertz CT molecular complexity index is 557. The third-order valence-electron chi connectivity index (χ3n) is 2.61. The van der Waals surface area contributed by atoms with Gasteiger partial charge in [-0.2, -0.15) is 0 Å². The Morgan fingerprint density at radius 2 is 2.11 bits per heavy atom. The zero-order valence-corrected chi connectivity index (χ0v) is 12.1. The molecule has 0 fully saturated rings. The molecule has 1 aromatic heterocycles. The van der Waals surface area contributed by atoms with Gasteiger partial charge >= 0.3 is 0 Å². The van der Waals surface area contributed by atoms with Gasteiger partial charge in [0.1, 0.15) is 11.5 Å². The number of hydrogen-bond donors (Lipinski definition) is 0. The van der Waals surface area contributed by atoms with Crippen molar-refractivity contribution in [2.45, 2.75) is 12.7 Å². The van der Waals surface area contributed by atoms with Crippen LogP contribution in [0, 0.1) is 5.82 Å². The molecule has 102 valence electrons. The topological polar surface area (TPSA) is 31.4 Å². The van der Waals surface area contributed by atoms with Gasteiger partial charge in [0, 0.05) is 26.0 Å². The Hall–Kier alpha value is -1.01. The van der Waals surface area contributed by atoms with Gasteiger partial charge in [-0.3, -0.25) is 0 Å². The van der Waals surface area contributed by atoms with Gasteiger partial charge in [0.15, 0.2) is 0 Å². The van der Waals surface area contributed by atoms with Crippen molar-refractivity contribution in [3.8, 4) is 0 Å². The maximum absolute atomic E-state index is 13.8. The molecule has 1 heterocycles. The van der Waals surface area contributed by atoms with Crippen molar-refractivity contribution in [2.24, 2.45) is 0 Å². The fraction of sp³-hybridized carbons (Fsp3) is 0.308. The lowest BCUT2D eigenvalue weighted by molar-refractivity contribution is -0.108. The van der Waals surface area contributed by atoms with E-state index >= 15 is 0 Å². The van der Waals surface area contributed by atoms with Crippen molar-refractivity contribution < 1.29 is 13.9 Å². The lowest BCUT2D eigenvalue weighted by Crippen LogP contribution is -2.04. The van der Waals surface area contributed by atoms with Gasteiger partial charge in [0.05, 0.1) is 10.0 Å². The molecule has 0 saturated carbocycles. The number of methoxy groups -OCH3 is 2. The third-order valence-corrected chi connectivity index (χ3v) is 3.77. The molecule has 0 aliphatic rings. The Morgan fingerprint density at radius 3 is 2.79 bits per heavy atom. The quantitative estimate of drug-likeness (QED) is 0.787. The molecule has 19 heavy (non-hydrogen) atoms. The van der Waals surface area contributed by atoms with Crippen LogP contribution in [-0.4, -0.2) is 19.2 Å². The molecule has 0 bridgehead atoms. The minimum absolute atomic E-state index is 0.126. The molecular weight excluding hydrogens is 289 g/mol. The van der Waals surface area contributed by atoms with Gasteiger partial charge < -0.3 is 9.47 Å². The first-order valence-electron chi connectivity index (χ1n) is 5.58. The number of rotatable bonds is 5. The molecule has 0 aliphatic heterocycles. The predicted octanol–water partition coefficient (Wildman–Crippen LogP) is 3.82. The molecule has 0 unspecified atom stereocenters. The second kappa shape index (κ2) is 6.43. The monoisotopic (exact) mass is 301 g/mol. The van der Waals surface area contributed by atoms with E-state index in [1.54, 1.807) is 26.4 Å². The summed E-state index contributed by atoms with van der Waals surface area (Å²) in [4.78, 5) is 4.38. The van der Waals surface area contributed by atoms with E-state index < -0.39 is 12.1 Å². The molecule has 0 N–H and O–H groups in total. The first kappa shape index (κ1) is 14.4. The number of ether oxygens (including phenoxy) is 2. The molecular formula is C13H13ClFNO2S. The van der Waals surface area contributed by atoms with Crippen LogP contribution >= 0.6 is 22.9 Å². The molecule has 3 nitrogen and oxygen atoms in total. The van der Waals surface area contributed by atoms with Crippen LogP contribution in [0.15, 0.2) is 23.6 Å². The summed E-state index contributed by atoms with van der Waals surface area (Å²) in [5, 5.41) is 2.76. The van der Waals surface area contributed by atoms with E-state index in [-0.39, 0.29) is 5.02 Å². The van der Waals surface area contributed by atoms with Crippen LogP contribution < -0.4 is 0 Å². The first-order chi connectivity index (χ1) is 9.15. The second-order valence-corrected chi connectivity index (χ2v) is 5.21. The van der Waals surface area contributed by atoms with E-state index in [4.69, 9.17) is 21.1 Å². The predicted molar refractivity (Wildman–Crippen MR) is 73.1 cm³/mol. The number of halogens is 2. The van der Waals surface area contributed by atoms with Gasteiger partial charge in [-0.15, -0.1) is 11.3 Å². The Morgan fingerprint density at radius 1 is 1.37 bits per heavy atom. The molecule has 1 aromatic carbocycles. The number of benzene rings is 1. The fourth-order valence-electron chi connectivity index (χ4n) is 1.70. The number of aromatic nitrogens is 1. The van der Waals surface area contributed by atoms with E-state index in [2.05, 4.69) is 4.98 Å². The Balaban J connectivity index is 2.18. The van der Waals surface area contributed by atoms with Crippen molar-refractivity contribution in [3.05, 3.63) is 50.7 Å². The smallest absolute Gasteiger partial charge is 0.201 e. The molecule has 0 saturated heterocycles. The summed E-state index contributed by atoms with van der Waals surface area (Å²) in [6, 6.07) is 4.95. The molecule has 0 radical (unpaired) electrons. The van der Waals surface area contributed by atoms with Crippen LogP contribution in [0.4, 0.5) is 4.39 Å². The summed E-state index contributed by atoms with van der Waals surface area (Å²) >= 11 is 7.19. The van der Waals surface area contributed by atoms with Crippen LogP contribution in [-0.2, 0) is 15.9 Å². The minimum atomic E-state index is -0.491. The highest BCUT2D eigenvalue weighted by atomic mass is 35.5. The normalized spacial score (nSPS) is 11.2. The lowest BCUT2D eigenvalue weighted by Gasteiger charge is -2.09. The van der Waals surface area contributed by atoms with Gasteiger partial charge in [0.25, 0.3) is 0 Å². The van der Waals surface area contributed by atoms with Crippen LogP contribution in [0.25, 0.3) is 0 Å². The van der Waals surface area contributed by atoms with E-state index in [0.717, 1.165) is 5.01 Å². The van der Waals surface area contributed by atoms with Crippen LogP contribution in [0.5, 0.6) is 0 Å². The zero-order chi connectivity index (χ0) is 13.8. The second-order valence-electron chi connectivity index (χ2n) is 3.86. The number of nitrogens with zero attached hydrogens (tertiary/aromatic N) is 1. The van der Waals surface area contributed by atoms with Gasteiger partial charge in [-0.25, -0.2) is 9.37 Å². The van der Waals surface area contributed by atoms with Crippen molar-refractivity contribution in [1.82, 2.24) is 4.98 Å². The average molecular weight is 302 g/mol. The third kappa shape index (κ3) is 3.30. The lowest BCUT2D eigenvalue weighted by atomic mass is 10.1. The summed E-state index contributed by atoms with van der Waals surface area (Å²) in [5.41, 5.74) is 1.22. The van der Waals surface area contributed by atoms with E-state index in [9.17, 15) is 4.39 Å². The molecule has 0 aliphatic carbocycles. The SMILES string of the molecule is COC(OC)c1csc(Cc2cccc(Cl)c2F)n1. The van der Waals surface area contributed by atoms with Gasteiger partial charge in [0.2, 0.25) is 6.29 Å². The molecule has 2 rings (SSSR count).